The monoisotopic (exact) mass is 273 g/mol. The van der Waals surface area contributed by atoms with E-state index in [0.717, 1.165) is 17.7 Å². The van der Waals surface area contributed by atoms with Crippen LogP contribution in [0.5, 0.6) is 0 Å². The summed E-state index contributed by atoms with van der Waals surface area (Å²) in [6, 6.07) is 4.76. The Morgan fingerprint density at radius 1 is 1.37 bits per heavy atom. The first-order valence-electron chi connectivity index (χ1n) is 6.00. The SMILES string of the molecule is CC(C)=CCNCC(O)c1cccc(C(F)(F)F)c1. The van der Waals surface area contributed by atoms with E-state index in [9.17, 15) is 18.3 Å². The molecule has 2 N–H and O–H groups in total. The van der Waals surface area contributed by atoms with Crippen LogP contribution < -0.4 is 5.32 Å². The summed E-state index contributed by atoms with van der Waals surface area (Å²) in [4.78, 5) is 0. The summed E-state index contributed by atoms with van der Waals surface area (Å²) in [5, 5.41) is 12.8. The average molecular weight is 273 g/mol. The molecule has 2 nitrogen and oxygen atoms in total. The van der Waals surface area contributed by atoms with Gasteiger partial charge in [0.05, 0.1) is 11.7 Å². The minimum atomic E-state index is -4.38. The van der Waals surface area contributed by atoms with Crippen LogP contribution in [0.1, 0.15) is 31.1 Å². The van der Waals surface area contributed by atoms with Crippen molar-refractivity contribution in [2.24, 2.45) is 0 Å². The fourth-order valence-corrected chi connectivity index (χ4v) is 1.54. The molecular formula is C14H18F3NO. The second-order valence-electron chi connectivity index (χ2n) is 4.58. The number of allylic oxidation sites excluding steroid dienone is 1. The van der Waals surface area contributed by atoms with Crippen molar-refractivity contribution in [1.29, 1.82) is 0 Å². The van der Waals surface area contributed by atoms with Gasteiger partial charge in [0.15, 0.2) is 0 Å². The molecule has 0 amide bonds. The van der Waals surface area contributed by atoms with Crippen LogP contribution in [-0.4, -0.2) is 18.2 Å². The number of alkyl halides is 3. The molecule has 0 heterocycles. The standard InChI is InChI=1S/C14H18F3NO/c1-10(2)6-7-18-9-13(19)11-4-3-5-12(8-11)14(15,16)17/h3-6,8,13,18-19H,7,9H2,1-2H3. The zero-order chi connectivity index (χ0) is 14.5. The third-order valence-corrected chi connectivity index (χ3v) is 2.59. The molecule has 0 aromatic heterocycles. The second kappa shape index (κ2) is 6.73. The highest BCUT2D eigenvalue weighted by Crippen LogP contribution is 2.30. The van der Waals surface area contributed by atoms with Gasteiger partial charge in [-0.3, -0.25) is 0 Å². The molecular weight excluding hydrogens is 255 g/mol. The normalized spacial score (nSPS) is 13.2. The molecule has 0 aliphatic rings. The van der Waals surface area contributed by atoms with E-state index in [-0.39, 0.29) is 12.1 Å². The molecule has 0 fully saturated rings. The summed E-state index contributed by atoms with van der Waals surface area (Å²) in [6.07, 6.45) is -3.39. The third-order valence-electron chi connectivity index (χ3n) is 2.59. The van der Waals surface area contributed by atoms with Crippen molar-refractivity contribution in [2.75, 3.05) is 13.1 Å². The number of hydrogen-bond acceptors (Lipinski definition) is 2. The largest absolute Gasteiger partial charge is 0.416 e. The first kappa shape index (κ1) is 15.7. The first-order valence-corrected chi connectivity index (χ1v) is 6.00. The van der Waals surface area contributed by atoms with Gasteiger partial charge < -0.3 is 10.4 Å². The third kappa shape index (κ3) is 5.44. The van der Waals surface area contributed by atoms with E-state index >= 15 is 0 Å². The Morgan fingerprint density at radius 2 is 2.05 bits per heavy atom. The van der Waals surface area contributed by atoms with Gasteiger partial charge in [-0.1, -0.05) is 23.8 Å². The first-order chi connectivity index (χ1) is 8.80. The maximum atomic E-state index is 12.5. The van der Waals surface area contributed by atoms with E-state index in [1.807, 2.05) is 19.9 Å². The zero-order valence-corrected chi connectivity index (χ0v) is 11.0. The zero-order valence-electron chi connectivity index (χ0n) is 11.0. The van der Waals surface area contributed by atoms with E-state index in [2.05, 4.69) is 5.32 Å². The van der Waals surface area contributed by atoms with Gasteiger partial charge in [-0.05, 0) is 31.5 Å². The molecule has 0 aliphatic carbocycles. The van der Waals surface area contributed by atoms with Crippen LogP contribution in [0.3, 0.4) is 0 Å². The molecule has 106 valence electrons. The molecule has 0 spiro atoms. The minimum absolute atomic E-state index is 0.213. The number of rotatable bonds is 5. The highest BCUT2D eigenvalue weighted by Gasteiger charge is 2.30. The molecule has 1 atom stereocenters. The lowest BCUT2D eigenvalue weighted by atomic mass is 10.1. The van der Waals surface area contributed by atoms with Gasteiger partial charge in [-0.2, -0.15) is 13.2 Å². The van der Waals surface area contributed by atoms with Crippen molar-refractivity contribution < 1.29 is 18.3 Å². The van der Waals surface area contributed by atoms with Crippen LogP contribution >= 0.6 is 0 Å². The molecule has 1 unspecified atom stereocenters. The summed E-state index contributed by atoms with van der Waals surface area (Å²) < 4.78 is 37.6. The van der Waals surface area contributed by atoms with E-state index in [1.54, 1.807) is 0 Å². The maximum absolute atomic E-state index is 12.5. The van der Waals surface area contributed by atoms with Crippen LogP contribution in [0.15, 0.2) is 35.9 Å². The van der Waals surface area contributed by atoms with Crippen molar-refractivity contribution in [2.45, 2.75) is 26.1 Å². The Morgan fingerprint density at radius 3 is 2.63 bits per heavy atom. The topological polar surface area (TPSA) is 32.3 Å². The summed E-state index contributed by atoms with van der Waals surface area (Å²) in [5.41, 5.74) is 0.661. The lowest BCUT2D eigenvalue weighted by Crippen LogP contribution is -2.22. The van der Waals surface area contributed by atoms with Gasteiger partial charge in [0.1, 0.15) is 0 Å². The van der Waals surface area contributed by atoms with Crippen molar-refractivity contribution in [3.63, 3.8) is 0 Å². The number of benzene rings is 1. The van der Waals surface area contributed by atoms with Crippen LogP contribution in [0, 0.1) is 0 Å². The van der Waals surface area contributed by atoms with Crippen LogP contribution in [-0.2, 0) is 6.18 Å². The minimum Gasteiger partial charge on any atom is -0.387 e. The molecule has 0 saturated carbocycles. The molecule has 0 radical (unpaired) electrons. The maximum Gasteiger partial charge on any atom is 0.416 e. The Bertz CT molecular complexity index is 437. The molecule has 5 heteroatoms. The van der Waals surface area contributed by atoms with E-state index in [0.29, 0.717) is 6.54 Å². The molecule has 0 saturated heterocycles. The van der Waals surface area contributed by atoms with Gasteiger partial charge in [0.25, 0.3) is 0 Å². The van der Waals surface area contributed by atoms with Crippen LogP contribution in [0.2, 0.25) is 0 Å². The van der Waals surface area contributed by atoms with Crippen molar-refractivity contribution >= 4 is 0 Å². The Kier molecular flexibility index (Phi) is 5.57. The second-order valence-corrected chi connectivity index (χ2v) is 4.58. The van der Waals surface area contributed by atoms with Gasteiger partial charge in [0, 0.05) is 13.1 Å². The predicted octanol–water partition coefficient (Wildman–Crippen LogP) is 3.29. The summed E-state index contributed by atoms with van der Waals surface area (Å²) >= 11 is 0. The fourth-order valence-electron chi connectivity index (χ4n) is 1.54. The summed E-state index contributed by atoms with van der Waals surface area (Å²) in [6.45, 7) is 4.69. The van der Waals surface area contributed by atoms with Gasteiger partial charge >= 0.3 is 6.18 Å². The highest BCUT2D eigenvalue weighted by molar-refractivity contribution is 5.27. The summed E-state index contributed by atoms with van der Waals surface area (Å²) in [7, 11) is 0. The molecule has 1 aromatic rings. The fraction of sp³-hybridized carbons (Fsp3) is 0.429. The quantitative estimate of drug-likeness (QED) is 0.637. The predicted molar refractivity (Wildman–Crippen MR) is 68.7 cm³/mol. The molecule has 1 rings (SSSR count). The lowest BCUT2D eigenvalue weighted by Gasteiger charge is -2.14. The molecule has 1 aromatic carbocycles. The van der Waals surface area contributed by atoms with E-state index in [1.165, 1.54) is 12.1 Å². The smallest absolute Gasteiger partial charge is 0.387 e. The van der Waals surface area contributed by atoms with E-state index < -0.39 is 17.8 Å². The lowest BCUT2D eigenvalue weighted by molar-refractivity contribution is -0.137. The molecule has 0 aliphatic heterocycles. The number of aliphatic hydroxyl groups is 1. The number of aliphatic hydroxyl groups excluding tert-OH is 1. The van der Waals surface area contributed by atoms with Gasteiger partial charge in [0.2, 0.25) is 0 Å². The van der Waals surface area contributed by atoms with Gasteiger partial charge in [-0.15, -0.1) is 0 Å². The van der Waals surface area contributed by atoms with Crippen molar-refractivity contribution in [3.8, 4) is 0 Å². The average Bonchev–Trinajstić information content (AvgIpc) is 2.33. The highest BCUT2D eigenvalue weighted by atomic mass is 19.4. The van der Waals surface area contributed by atoms with Crippen molar-refractivity contribution in [1.82, 2.24) is 5.32 Å². The van der Waals surface area contributed by atoms with Gasteiger partial charge in [-0.25, -0.2) is 0 Å². The van der Waals surface area contributed by atoms with Crippen LogP contribution in [0.4, 0.5) is 13.2 Å². The Hall–Kier alpha value is -1.33. The number of nitrogens with one attached hydrogen (secondary N) is 1. The Balaban J connectivity index is 2.62. The number of halogens is 3. The van der Waals surface area contributed by atoms with E-state index in [4.69, 9.17) is 0 Å². The Labute approximate surface area is 111 Å². The van der Waals surface area contributed by atoms with Crippen molar-refractivity contribution in [3.05, 3.63) is 47.0 Å². The van der Waals surface area contributed by atoms with Crippen LogP contribution in [0.25, 0.3) is 0 Å². The summed E-state index contributed by atoms with van der Waals surface area (Å²) in [5.74, 6) is 0. The number of hydrogen-bond donors (Lipinski definition) is 2. The molecule has 19 heavy (non-hydrogen) atoms. The molecule has 0 bridgehead atoms.